The van der Waals surface area contributed by atoms with Gasteiger partial charge in [-0.3, -0.25) is 4.79 Å². The Balaban J connectivity index is 1.58. The van der Waals surface area contributed by atoms with Crippen molar-refractivity contribution in [2.75, 3.05) is 0 Å². The van der Waals surface area contributed by atoms with Crippen molar-refractivity contribution in [1.82, 2.24) is 9.99 Å². The standard InChI is InChI=1S/C23H18ClN3O/c24-21-12-6-4-11-20(21)23(28)26-25-14-18-16-27(15-17-8-2-1-3-9-17)22-13-7-5-10-19(18)22/h1-14,16H,15H2,(H,26,28)/b25-14-. The Morgan fingerprint density at radius 2 is 1.68 bits per heavy atom. The van der Waals surface area contributed by atoms with Crippen molar-refractivity contribution in [3.8, 4) is 0 Å². The summed E-state index contributed by atoms with van der Waals surface area (Å²) in [4.78, 5) is 12.3. The number of para-hydroxylation sites is 1. The van der Waals surface area contributed by atoms with Gasteiger partial charge in [-0.25, -0.2) is 5.43 Å². The molecule has 0 bridgehead atoms. The van der Waals surface area contributed by atoms with Gasteiger partial charge in [0.2, 0.25) is 0 Å². The van der Waals surface area contributed by atoms with E-state index >= 15 is 0 Å². The topological polar surface area (TPSA) is 46.4 Å². The van der Waals surface area contributed by atoms with Crippen LogP contribution in [-0.2, 0) is 6.54 Å². The number of benzene rings is 3. The number of nitrogens with one attached hydrogen (secondary N) is 1. The fourth-order valence-electron chi connectivity index (χ4n) is 3.16. The lowest BCUT2D eigenvalue weighted by Crippen LogP contribution is -2.17. The zero-order chi connectivity index (χ0) is 19.3. The third-order valence-electron chi connectivity index (χ3n) is 4.50. The number of carbonyl (C=O) groups is 1. The molecule has 1 amide bonds. The number of halogens is 1. The Kier molecular flexibility index (Phi) is 5.22. The van der Waals surface area contributed by atoms with E-state index in [9.17, 15) is 4.79 Å². The molecule has 0 aliphatic heterocycles. The second kappa shape index (κ2) is 8.11. The smallest absolute Gasteiger partial charge is 0.272 e. The molecule has 1 heterocycles. The van der Waals surface area contributed by atoms with E-state index in [-0.39, 0.29) is 5.91 Å². The highest BCUT2D eigenvalue weighted by molar-refractivity contribution is 6.33. The molecule has 0 aliphatic rings. The summed E-state index contributed by atoms with van der Waals surface area (Å²) in [5, 5.41) is 5.61. The minimum Gasteiger partial charge on any atom is -0.342 e. The summed E-state index contributed by atoms with van der Waals surface area (Å²) < 4.78 is 2.18. The molecule has 0 fully saturated rings. The second-order valence-electron chi connectivity index (χ2n) is 6.39. The highest BCUT2D eigenvalue weighted by Crippen LogP contribution is 2.21. The number of rotatable bonds is 5. The quantitative estimate of drug-likeness (QED) is 0.375. The lowest BCUT2D eigenvalue weighted by atomic mass is 10.2. The van der Waals surface area contributed by atoms with Gasteiger partial charge < -0.3 is 4.57 Å². The van der Waals surface area contributed by atoms with Crippen LogP contribution in [0.25, 0.3) is 10.9 Å². The molecule has 0 spiro atoms. The third kappa shape index (κ3) is 3.82. The molecule has 0 saturated carbocycles. The monoisotopic (exact) mass is 387 g/mol. The van der Waals surface area contributed by atoms with E-state index in [2.05, 4.69) is 33.3 Å². The maximum absolute atomic E-state index is 12.3. The molecule has 0 unspecified atom stereocenters. The van der Waals surface area contributed by atoms with Crippen LogP contribution in [0.3, 0.4) is 0 Å². The van der Waals surface area contributed by atoms with Gasteiger partial charge in [0, 0.05) is 29.2 Å². The third-order valence-corrected chi connectivity index (χ3v) is 4.83. The molecule has 0 aliphatic carbocycles. The average molecular weight is 388 g/mol. The fraction of sp³-hybridized carbons (Fsp3) is 0.0435. The van der Waals surface area contributed by atoms with E-state index in [4.69, 9.17) is 11.6 Å². The van der Waals surface area contributed by atoms with E-state index in [1.54, 1.807) is 30.5 Å². The molecule has 1 N–H and O–H groups in total. The van der Waals surface area contributed by atoms with Crippen LogP contribution in [0.15, 0.2) is 90.2 Å². The van der Waals surface area contributed by atoms with Gasteiger partial charge >= 0.3 is 0 Å². The maximum atomic E-state index is 12.3. The molecule has 5 heteroatoms. The number of aromatic nitrogens is 1. The Morgan fingerprint density at radius 3 is 2.50 bits per heavy atom. The Morgan fingerprint density at radius 1 is 0.964 bits per heavy atom. The van der Waals surface area contributed by atoms with Crippen LogP contribution in [0.1, 0.15) is 21.5 Å². The molecule has 28 heavy (non-hydrogen) atoms. The van der Waals surface area contributed by atoms with E-state index in [0.717, 1.165) is 23.0 Å². The normalized spacial score (nSPS) is 11.2. The number of hydrazone groups is 1. The molecule has 138 valence electrons. The largest absolute Gasteiger partial charge is 0.342 e. The van der Waals surface area contributed by atoms with Gasteiger partial charge in [0.25, 0.3) is 5.91 Å². The van der Waals surface area contributed by atoms with Crippen molar-refractivity contribution in [2.45, 2.75) is 6.54 Å². The molecule has 0 radical (unpaired) electrons. The first-order valence-corrected chi connectivity index (χ1v) is 9.30. The summed E-state index contributed by atoms with van der Waals surface area (Å²) in [6.45, 7) is 0.765. The fourth-order valence-corrected chi connectivity index (χ4v) is 3.38. The van der Waals surface area contributed by atoms with E-state index in [1.165, 1.54) is 5.56 Å². The van der Waals surface area contributed by atoms with Crippen LogP contribution < -0.4 is 5.43 Å². The van der Waals surface area contributed by atoms with E-state index < -0.39 is 0 Å². The van der Waals surface area contributed by atoms with Gasteiger partial charge in [-0.15, -0.1) is 0 Å². The van der Waals surface area contributed by atoms with Crippen molar-refractivity contribution >= 4 is 34.6 Å². The summed E-state index contributed by atoms with van der Waals surface area (Å²) in [6, 6.07) is 25.3. The molecule has 4 nitrogen and oxygen atoms in total. The van der Waals surface area contributed by atoms with Crippen molar-refractivity contribution in [1.29, 1.82) is 0 Å². The first-order chi connectivity index (χ1) is 13.7. The molecule has 1 aromatic heterocycles. The average Bonchev–Trinajstić information content (AvgIpc) is 3.07. The summed E-state index contributed by atoms with van der Waals surface area (Å²) in [5.74, 6) is -0.338. The van der Waals surface area contributed by atoms with Crippen molar-refractivity contribution in [3.63, 3.8) is 0 Å². The highest BCUT2D eigenvalue weighted by Gasteiger charge is 2.09. The van der Waals surface area contributed by atoms with Crippen LogP contribution in [0.5, 0.6) is 0 Å². The molecule has 4 rings (SSSR count). The first-order valence-electron chi connectivity index (χ1n) is 8.92. The second-order valence-corrected chi connectivity index (χ2v) is 6.80. The number of nitrogens with zero attached hydrogens (tertiary/aromatic N) is 2. The number of hydrogen-bond acceptors (Lipinski definition) is 2. The molecule has 0 atom stereocenters. The predicted molar refractivity (Wildman–Crippen MR) is 114 cm³/mol. The molecule has 4 aromatic rings. The Hall–Kier alpha value is -3.37. The summed E-state index contributed by atoms with van der Waals surface area (Å²) in [6.07, 6.45) is 3.71. The zero-order valence-electron chi connectivity index (χ0n) is 15.0. The summed E-state index contributed by atoms with van der Waals surface area (Å²) >= 11 is 6.06. The number of fused-ring (bicyclic) bond motifs is 1. The van der Waals surface area contributed by atoms with Crippen molar-refractivity contribution in [2.24, 2.45) is 5.10 Å². The van der Waals surface area contributed by atoms with Gasteiger partial charge in [0.05, 0.1) is 16.8 Å². The Bertz CT molecular complexity index is 1150. The van der Waals surface area contributed by atoms with Crippen LogP contribution in [0, 0.1) is 0 Å². The lowest BCUT2D eigenvalue weighted by Gasteiger charge is -2.05. The number of hydrogen-bond donors (Lipinski definition) is 1. The maximum Gasteiger partial charge on any atom is 0.272 e. The number of amides is 1. The van der Waals surface area contributed by atoms with Crippen LogP contribution >= 0.6 is 11.6 Å². The van der Waals surface area contributed by atoms with Crippen molar-refractivity contribution in [3.05, 3.63) is 107 Å². The van der Waals surface area contributed by atoms with Crippen molar-refractivity contribution < 1.29 is 4.79 Å². The van der Waals surface area contributed by atoms with Gasteiger partial charge in [0.15, 0.2) is 0 Å². The van der Waals surface area contributed by atoms with Gasteiger partial charge in [-0.05, 0) is 23.8 Å². The SMILES string of the molecule is O=C(N/N=C\c1cn(Cc2ccccc2)c2ccccc12)c1ccccc1Cl. The van der Waals surface area contributed by atoms with Gasteiger partial charge in [0.1, 0.15) is 0 Å². The van der Waals surface area contributed by atoms with Crippen LogP contribution in [-0.4, -0.2) is 16.7 Å². The predicted octanol–water partition coefficient (Wildman–Crippen LogP) is 5.11. The summed E-state index contributed by atoms with van der Waals surface area (Å²) in [5.41, 5.74) is 6.22. The van der Waals surface area contributed by atoms with Crippen LogP contribution in [0.4, 0.5) is 0 Å². The Labute approximate surface area is 168 Å². The highest BCUT2D eigenvalue weighted by atomic mass is 35.5. The minimum atomic E-state index is -0.338. The lowest BCUT2D eigenvalue weighted by molar-refractivity contribution is 0.0955. The molecule has 3 aromatic carbocycles. The molecular weight excluding hydrogens is 370 g/mol. The zero-order valence-corrected chi connectivity index (χ0v) is 15.8. The first kappa shape index (κ1) is 18.0. The van der Waals surface area contributed by atoms with Crippen LogP contribution in [0.2, 0.25) is 5.02 Å². The van der Waals surface area contributed by atoms with Gasteiger partial charge in [-0.2, -0.15) is 5.10 Å². The molecule has 0 saturated heterocycles. The summed E-state index contributed by atoms with van der Waals surface area (Å²) in [7, 11) is 0. The van der Waals surface area contributed by atoms with E-state index in [1.807, 2.05) is 42.6 Å². The van der Waals surface area contributed by atoms with E-state index in [0.29, 0.717) is 10.6 Å². The number of carbonyl (C=O) groups excluding carboxylic acids is 1. The van der Waals surface area contributed by atoms with Gasteiger partial charge in [-0.1, -0.05) is 72.3 Å². The minimum absolute atomic E-state index is 0.338. The molecular formula is C23H18ClN3O.